The van der Waals surface area contributed by atoms with Crippen molar-refractivity contribution in [2.24, 2.45) is 5.92 Å². The first-order valence-corrected chi connectivity index (χ1v) is 7.08. The van der Waals surface area contributed by atoms with Gasteiger partial charge in [-0.3, -0.25) is 4.79 Å². The van der Waals surface area contributed by atoms with Crippen LogP contribution in [-0.4, -0.2) is 17.2 Å². The van der Waals surface area contributed by atoms with Gasteiger partial charge in [0.25, 0.3) is 0 Å². The highest BCUT2D eigenvalue weighted by Gasteiger charge is 2.32. The van der Waals surface area contributed by atoms with Crippen molar-refractivity contribution < 1.29 is 14.6 Å². The average molecular weight is 262 g/mol. The summed E-state index contributed by atoms with van der Waals surface area (Å²) in [4.78, 5) is 11.3. The molecule has 3 heteroatoms. The predicted octanol–water partition coefficient (Wildman–Crippen LogP) is 3.83. The van der Waals surface area contributed by atoms with Gasteiger partial charge in [0.1, 0.15) is 11.9 Å². The van der Waals surface area contributed by atoms with Crippen LogP contribution in [0.2, 0.25) is 0 Å². The molecule has 1 aromatic rings. The summed E-state index contributed by atoms with van der Waals surface area (Å²) in [6.45, 7) is 4.25. The molecule has 104 valence electrons. The van der Waals surface area contributed by atoms with Crippen molar-refractivity contribution in [2.45, 2.75) is 51.6 Å². The molecular weight excluding hydrogens is 240 g/mol. The Morgan fingerprint density at radius 1 is 1.26 bits per heavy atom. The van der Waals surface area contributed by atoms with Crippen LogP contribution >= 0.6 is 0 Å². The van der Waals surface area contributed by atoms with Gasteiger partial charge in [-0.1, -0.05) is 38.5 Å². The van der Waals surface area contributed by atoms with E-state index >= 15 is 0 Å². The summed E-state index contributed by atoms with van der Waals surface area (Å²) < 4.78 is 6.04. The van der Waals surface area contributed by atoms with Crippen molar-refractivity contribution in [3.8, 4) is 5.75 Å². The zero-order valence-electron chi connectivity index (χ0n) is 11.6. The molecule has 2 rings (SSSR count). The van der Waals surface area contributed by atoms with Gasteiger partial charge in [-0.25, -0.2) is 0 Å². The van der Waals surface area contributed by atoms with Crippen LogP contribution < -0.4 is 4.74 Å². The van der Waals surface area contributed by atoms with Crippen LogP contribution in [0.1, 0.15) is 51.0 Å². The highest BCUT2D eigenvalue weighted by molar-refractivity contribution is 5.71. The van der Waals surface area contributed by atoms with Crippen molar-refractivity contribution in [3.05, 3.63) is 29.8 Å². The predicted molar refractivity (Wildman–Crippen MR) is 74.5 cm³/mol. The van der Waals surface area contributed by atoms with Gasteiger partial charge in [0.05, 0.1) is 5.92 Å². The number of hydrogen-bond acceptors (Lipinski definition) is 2. The molecule has 1 aliphatic carbocycles. The highest BCUT2D eigenvalue weighted by Crippen LogP contribution is 2.32. The van der Waals surface area contributed by atoms with Crippen molar-refractivity contribution in [1.29, 1.82) is 0 Å². The fourth-order valence-electron chi connectivity index (χ4n) is 2.75. The van der Waals surface area contributed by atoms with Crippen molar-refractivity contribution in [2.75, 3.05) is 0 Å². The number of para-hydroxylation sites is 1. The zero-order chi connectivity index (χ0) is 13.8. The molecule has 1 aromatic carbocycles. The maximum atomic E-state index is 11.3. The maximum absolute atomic E-state index is 11.3. The summed E-state index contributed by atoms with van der Waals surface area (Å²) in [6, 6.07) is 7.94. The molecule has 0 radical (unpaired) electrons. The van der Waals surface area contributed by atoms with Crippen molar-refractivity contribution in [1.82, 2.24) is 0 Å². The molecule has 1 aliphatic rings. The van der Waals surface area contributed by atoms with E-state index in [2.05, 4.69) is 19.9 Å². The van der Waals surface area contributed by atoms with Crippen LogP contribution in [0.15, 0.2) is 24.3 Å². The molecule has 0 spiro atoms. The molecule has 0 aliphatic heterocycles. The van der Waals surface area contributed by atoms with Crippen LogP contribution in [0.4, 0.5) is 0 Å². The summed E-state index contributed by atoms with van der Waals surface area (Å²) in [5.41, 5.74) is 1.15. The minimum atomic E-state index is -0.730. The van der Waals surface area contributed by atoms with Crippen LogP contribution in [0, 0.1) is 5.92 Å². The standard InChI is InChI=1S/C16H22O3/c1-11(2)12-7-3-5-9-14(12)19-15-10-6-4-8-13(15)16(17)18/h3,5,7,9,11,13,15H,4,6,8,10H2,1-2H3,(H,17,18). The Bertz CT molecular complexity index is 439. The second-order valence-electron chi connectivity index (χ2n) is 5.58. The molecule has 1 saturated carbocycles. The maximum Gasteiger partial charge on any atom is 0.310 e. The van der Waals surface area contributed by atoms with E-state index in [0.717, 1.165) is 37.0 Å². The molecule has 19 heavy (non-hydrogen) atoms. The SMILES string of the molecule is CC(C)c1ccccc1OC1CCCCC1C(=O)O. The quantitative estimate of drug-likeness (QED) is 0.897. The Kier molecular flexibility index (Phi) is 4.46. The molecule has 0 heterocycles. The number of carboxylic acids is 1. The van der Waals surface area contributed by atoms with E-state index in [1.807, 2.05) is 18.2 Å². The summed E-state index contributed by atoms with van der Waals surface area (Å²) in [7, 11) is 0. The van der Waals surface area contributed by atoms with E-state index in [0.29, 0.717) is 5.92 Å². The molecule has 0 bridgehead atoms. The lowest BCUT2D eigenvalue weighted by atomic mass is 9.86. The highest BCUT2D eigenvalue weighted by atomic mass is 16.5. The number of carbonyl (C=O) groups is 1. The topological polar surface area (TPSA) is 46.5 Å². The Morgan fingerprint density at radius 3 is 2.63 bits per heavy atom. The van der Waals surface area contributed by atoms with Crippen molar-refractivity contribution in [3.63, 3.8) is 0 Å². The van der Waals surface area contributed by atoms with Gasteiger partial charge in [0.15, 0.2) is 0 Å². The van der Waals surface area contributed by atoms with Gasteiger partial charge in [0.2, 0.25) is 0 Å². The van der Waals surface area contributed by atoms with Crippen molar-refractivity contribution >= 4 is 5.97 Å². The fourth-order valence-corrected chi connectivity index (χ4v) is 2.75. The van der Waals surface area contributed by atoms with E-state index in [9.17, 15) is 9.90 Å². The van der Waals surface area contributed by atoms with Gasteiger partial charge < -0.3 is 9.84 Å². The zero-order valence-corrected chi connectivity index (χ0v) is 11.6. The molecule has 2 atom stereocenters. The number of ether oxygens (including phenoxy) is 1. The number of aliphatic carboxylic acids is 1. The average Bonchev–Trinajstić information content (AvgIpc) is 2.39. The van der Waals surface area contributed by atoms with Gasteiger partial charge in [0, 0.05) is 0 Å². The third-order valence-electron chi connectivity index (χ3n) is 3.84. The summed E-state index contributed by atoms with van der Waals surface area (Å²) >= 11 is 0. The Labute approximate surface area is 114 Å². The van der Waals surface area contributed by atoms with Gasteiger partial charge in [-0.2, -0.15) is 0 Å². The minimum absolute atomic E-state index is 0.189. The monoisotopic (exact) mass is 262 g/mol. The second kappa shape index (κ2) is 6.09. The van der Waals surface area contributed by atoms with Crippen LogP contribution in [0.3, 0.4) is 0 Å². The number of rotatable bonds is 4. The van der Waals surface area contributed by atoms with Gasteiger partial charge in [-0.05, 0) is 36.8 Å². The second-order valence-corrected chi connectivity index (χ2v) is 5.58. The molecule has 3 nitrogen and oxygen atoms in total. The number of hydrogen-bond donors (Lipinski definition) is 1. The lowest BCUT2D eigenvalue weighted by Crippen LogP contribution is -2.35. The minimum Gasteiger partial charge on any atom is -0.489 e. The van der Waals surface area contributed by atoms with E-state index in [1.54, 1.807) is 0 Å². The summed E-state index contributed by atoms with van der Waals surface area (Å²) in [6.07, 6.45) is 3.42. The van der Waals surface area contributed by atoms with E-state index in [4.69, 9.17) is 4.74 Å². The van der Waals surface area contributed by atoms with Crippen LogP contribution in [0.5, 0.6) is 5.75 Å². The first-order valence-electron chi connectivity index (χ1n) is 7.08. The normalized spacial score (nSPS) is 23.3. The summed E-state index contributed by atoms with van der Waals surface area (Å²) in [5, 5.41) is 9.29. The Balaban J connectivity index is 2.17. The third kappa shape index (κ3) is 3.28. The Morgan fingerprint density at radius 2 is 1.95 bits per heavy atom. The first-order chi connectivity index (χ1) is 9.09. The lowest BCUT2D eigenvalue weighted by molar-refractivity contribution is -0.146. The van der Waals surface area contributed by atoms with Crippen LogP contribution in [0.25, 0.3) is 0 Å². The number of carboxylic acid groups (broad SMARTS) is 1. The molecule has 0 saturated heterocycles. The molecule has 0 amide bonds. The number of benzene rings is 1. The van der Waals surface area contributed by atoms with E-state index in [-0.39, 0.29) is 12.0 Å². The van der Waals surface area contributed by atoms with Gasteiger partial charge in [-0.15, -0.1) is 0 Å². The van der Waals surface area contributed by atoms with Crippen LogP contribution in [-0.2, 0) is 4.79 Å². The molecule has 1 fully saturated rings. The van der Waals surface area contributed by atoms with E-state index in [1.165, 1.54) is 0 Å². The fraction of sp³-hybridized carbons (Fsp3) is 0.562. The van der Waals surface area contributed by atoms with Gasteiger partial charge >= 0.3 is 5.97 Å². The van der Waals surface area contributed by atoms with E-state index < -0.39 is 5.97 Å². The third-order valence-corrected chi connectivity index (χ3v) is 3.84. The smallest absolute Gasteiger partial charge is 0.310 e. The first kappa shape index (κ1) is 13.9. The summed E-state index contributed by atoms with van der Waals surface area (Å²) in [5.74, 6) is 0.124. The molecule has 2 unspecified atom stereocenters. The largest absolute Gasteiger partial charge is 0.489 e. The Hall–Kier alpha value is -1.51. The lowest BCUT2D eigenvalue weighted by Gasteiger charge is -2.30. The molecular formula is C16H22O3. The molecule has 0 aromatic heterocycles. The molecule has 1 N–H and O–H groups in total.